The minimum Gasteiger partial charge on any atom is -0.312 e. The highest BCUT2D eigenvalue weighted by Gasteiger charge is 2.45. The molecule has 1 heterocycles. The maximum Gasteiger partial charge on any atom is 0.0390 e. The molecule has 2 nitrogen and oxygen atoms in total. The summed E-state index contributed by atoms with van der Waals surface area (Å²) in [5.74, 6) is 0. The van der Waals surface area contributed by atoms with E-state index in [1.54, 1.807) is 0 Å². The number of pyridine rings is 1. The van der Waals surface area contributed by atoms with Gasteiger partial charge in [-0.05, 0) is 49.4 Å². The maximum absolute atomic E-state index is 4.22. The number of nitrogens with one attached hydrogen (secondary N) is 1. The summed E-state index contributed by atoms with van der Waals surface area (Å²) in [6.45, 7) is 4.51. The lowest BCUT2D eigenvalue weighted by Gasteiger charge is -2.24. The second-order valence-corrected chi connectivity index (χ2v) is 4.61. The molecule has 1 aromatic rings. The number of hydrogen-bond donors (Lipinski definition) is 1. The van der Waals surface area contributed by atoms with Crippen molar-refractivity contribution in [1.29, 1.82) is 0 Å². The molecule has 1 N–H and O–H groups in total. The smallest absolute Gasteiger partial charge is 0.0390 e. The highest BCUT2D eigenvalue weighted by Crippen LogP contribution is 2.54. The van der Waals surface area contributed by atoms with Crippen LogP contribution in [0.1, 0.15) is 36.9 Å². The SMILES string of the molecule is CNC(c1cnccc1C)C1(C)CC1. The predicted molar refractivity (Wildman–Crippen MR) is 58.1 cm³/mol. The van der Waals surface area contributed by atoms with Crippen LogP contribution < -0.4 is 5.32 Å². The Kier molecular flexibility index (Phi) is 2.31. The van der Waals surface area contributed by atoms with E-state index in [0.29, 0.717) is 11.5 Å². The van der Waals surface area contributed by atoms with Crippen LogP contribution in [0.15, 0.2) is 18.5 Å². The molecule has 14 heavy (non-hydrogen) atoms. The summed E-state index contributed by atoms with van der Waals surface area (Å²) >= 11 is 0. The summed E-state index contributed by atoms with van der Waals surface area (Å²) in [7, 11) is 2.04. The fourth-order valence-corrected chi connectivity index (χ4v) is 2.14. The van der Waals surface area contributed by atoms with Crippen molar-refractivity contribution < 1.29 is 0 Å². The summed E-state index contributed by atoms with van der Waals surface area (Å²) in [4.78, 5) is 4.22. The van der Waals surface area contributed by atoms with E-state index in [9.17, 15) is 0 Å². The van der Waals surface area contributed by atoms with Crippen LogP contribution in [0.2, 0.25) is 0 Å². The lowest BCUT2D eigenvalue weighted by molar-refractivity contribution is 0.388. The normalized spacial score (nSPS) is 20.5. The molecule has 76 valence electrons. The second kappa shape index (κ2) is 3.35. The van der Waals surface area contributed by atoms with Gasteiger partial charge < -0.3 is 5.32 Å². The molecule has 1 aromatic heterocycles. The highest BCUT2D eigenvalue weighted by atomic mass is 14.9. The monoisotopic (exact) mass is 190 g/mol. The van der Waals surface area contributed by atoms with E-state index in [0.717, 1.165) is 0 Å². The lowest BCUT2D eigenvalue weighted by Crippen LogP contribution is -2.25. The predicted octanol–water partition coefficient (Wildman–Crippen LogP) is 2.45. The van der Waals surface area contributed by atoms with Crippen molar-refractivity contribution in [2.45, 2.75) is 32.7 Å². The van der Waals surface area contributed by atoms with Crippen LogP contribution in [0.4, 0.5) is 0 Å². The third-order valence-electron chi connectivity index (χ3n) is 3.41. The molecular weight excluding hydrogens is 172 g/mol. The summed E-state index contributed by atoms with van der Waals surface area (Å²) in [5, 5.41) is 3.42. The molecular formula is C12H18N2. The highest BCUT2D eigenvalue weighted by molar-refractivity contribution is 5.28. The molecule has 0 amide bonds. The van der Waals surface area contributed by atoms with Gasteiger partial charge in [-0.25, -0.2) is 0 Å². The van der Waals surface area contributed by atoms with Crippen molar-refractivity contribution in [2.75, 3.05) is 7.05 Å². The topological polar surface area (TPSA) is 24.9 Å². The Balaban J connectivity index is 2.32. The average Bonchev–Trinajstić information content (AvgIpc) is 2.89. The van der Waals surface area contributed by atoms with Crippen LogP contribution >= 0.6 is 0 Å². The minimum absolute atomic E-state index is 0.461. The van der Waals surface area contributed by atoms with Crippen LogP contribution in [0.25, 0.3) is 0 Å². The number of nitrogens with zero attached hydrogens (tertiary/aromatic N) is 1. The fourth-order valence-electron chi connectivity index (χ4n) is 2.14. The molecule has 1 atom stereocenters. The molecule has 1 aliphatic rings. The van der Waals surface area contributed by atoms with Gasteiger partial charge >= 0.3 is 0 Å². The molecule has 0 saturated heterocycles. The Hall–Kier alpha value is -0.890. The molecule has 0 bridgehead atoms. The second-order valence-electron chi connectivity index (χ2n) is 4.61. The van der Waals surface area contributed by atoms with Gasteiger partial charge in [0.2, 0.25) is 0 Å². The van der Waals surface area contributed by atoms with E-state index >= 15 is 0 Å². The van der Waals surface area contributed by atoms with Gasteiger partial charge in [0.25, 0.3) is 0 Å². The molecule has 0 aromatic carbocycles. The number of aromatic nitrogens is 1. The summed E-state index contributed by atoms with van der Waals surface area (Å²) in [6.07, 6.45) is 6.51. The van der Waals surface area contributed by atoms with E-state index in [1.807, 2.05) is 19.4 Å². The number of aryl methyl sites for hydroxylation is 1. The molecule has 2 rings (SSSR count). The van der Waals surface area contributed by atoms with Gasteiger partial charge in [0, 0.05) is 18.4 Å². The average molecular weight is 190 g/mol. The van der Waals surface area contributed by atoms with Gasteiger partial charge in [-0.3, -0.25) is 4.98 Å². The Bertz CT molecular complexity index is 329. The largest absolute Gasteiger partial charge is 0.312 e. The summed E-state index contributed by atoms with van der Waals surface area (Å²) < 4.78 is 0. The number of rotatable bonds is 3. The van der Waals surface area contributed by atoms with E-state index in [-0.39, 0.29) is 0 Å². The molecule has 1 aliphatic carbocycles. The van der Waals surface area contributed by atoms with Gasteiger partial charge in [-0.15, -0.1) is 0 Å². The first-order chi connectivity index (χ1) is 6.67. The van der Waals surface area contributed by atoms with Crippen LogP contribution in [-0.2, 0) is 0 Å². The van der Waals surface area contributed by atoms with E-state index in [2.05, 4.69) is 30.2 Å². The fraction of sp³-hybridized carbons (Fsp3) is 0.583. The third kappa shape index (κ3) is 1.55. The van der Waals surface area contributed by atoms with Crippen LogP contribution in [0, 0.1) is 12.3 Å². The molecule has 2 heteroatoms. The Morgan fingerprint density at radius 2 is 2.21 bits per heavy atom. The van der Waals surface area contributed by atoms with E-state index in [4.69, 9.17) is 0 Å². The molecule has 1 unspecified atom stereocenters. The number of hydrogen-bond acceptors (Lipinski definition) is 2. The molecule has 1 fully saturated rings. The van der Waals surface area contributed by atoms with Crippen LogP contribution in [0.3, 0.4) is 0 Å². The zero-order valence-electron chi connectivity index (χ0n) is 9.17. The van der Waals surface area contributed by atoms with Gasteiger partial charge in [0.1, 0.15) is 0 Å². The summed E-state index contributed by atoms with van der Waals surface area (Å²) in [5.41, 5.74) is 3.16. The van der Waals surface area contributed by atoms with Crippen molar-refractivity contribution in [3.8, 4) is 0 Å². The van der Waals surface area contributed by atoms with Crippen LogP contribution in [-0.4, -0.2) is 12.0 Å². The van der Waals surface area contributed by atoms with Crippen LogP contribution in [0.5, 0.6) is 0 Å². The van der Waals surface area contributed by atoms with Gasteiger partial charge in [0.15, 0.2) is 0 Å². The molecule has 0 aliphatic heterocycles. The zero-order valence-corrected chi connectivity index (χ0v) is 9.17. The van der Waals surface area contributed by atoms with Crippen molar-refractivity contribution in [2.24, 2.45) is 5.41 Å². The Morgan fingerprint density at radius 3 is 2.71 bits per heavy atom. The first-order valence-electron chi connectivity index (χ1n) is 5.25. The molecule has 0 radical (unpaired) electrons. The lowest BCUT2D eigenvalue weighted by atomic mass is 9.90. The Labute approximate surface area is 85.7 Å². The summed E-state index contributed by atoms with van der Waals surface area (Å²) in [6, 6.07) is 2.56. The quantitative estimate of drug-likeness (QED) is 0.792. The van der Waals surface area contributed by atoms with Gasteiger partial charge in [-0.1, -0.05) is 6.92 Å². The minimum atomic E-state index is 0.461. The van der Waals surface area contributed by atoms with Crippen molar-refractivity contribution in [1.82, 2.24) is 10.3 Å². The first kappa shape index (κ1) is 9.66. The first-order valence-corrected chi connectivity index (χ1v) is 5.25. The molecule has 1 saturated carbocycles. The van der Waals surface area contributed by atoms with Crippen molar-refractivity contribution in [3.63, 3.8) is 0 Å². The van der Waals surface area contributed by atoms with Gasteiger partial charge in [0.05, 0.1) is 0 Å². The Morgan fingerprint density at radius 1 is 1.50 bits per heavy atom. The van der Waals surface area contributed by atoms with Crippen molar-refractivity contribution in [3.05, 3.63) is 29.6 Å². The standard InChI is InChI=1S/C12H18N2/c1-9-4-7-14-8-10(9)11(13-3)12(2)5-6-12/h4,7-8,11,13H,5-6H2,1-3H3. The van der Waals surface area contributed by atoms with Gasteiger partial charge in [-0.2, -0.15) is 0 Å². The third-order valence-corrected chi connectivity index (χ3v) is 3.41. The van der Waals surface area contributed by atoms with Crippen molar-refractivity contribution >= 4 is 0 Å². The maximum atomic E-state index is 4.22. The zero-order chi connectivity index (χ0) is 10.2. The van der Waals surface area contributed by atoms with E-state index in [1.165, 1.54) is 24.0 Å². The molecule has 0 spiro atoms. The van der Waals surface area contributed by atoms with E-state index < -0.39 is 0 Å².